The standard InChI is InChI=1S/C19H28N2O3/c1-23-17-7-3-8-19(17)9-4-10-21(14-19)12-15-5-2-6-16(11-15)24-13-18(20)22/h2,5-6,11,17H,3-4,7-10,12-14H2,1H3,(H2,20,22)/t17-,19-/m1/s1. The number of hydrogen-bond acceptors (Lipinski definition) is 4. The van der Waals surface area contributed by atoms with E-state index in [4.69, 9.17) is 15.2 Å². The van der Waals surface area contributed by atoms with Crippen LogP contribution in [0.3, 0.4) is 0 Å². The summed E-state index contributed by atoms with van der Waals surface area (Å²) in [6.45, 7) is 3.07. The normalized spacial score (nSPS) is 27.5. The summed E-state index contributed by atoms with van der Waals surface area (Å²) in [4.78, 5) is 13.4. The molecule has 5 heteroatoms. The molecule has 1 spiro atoms. The lowest BCUT2D eigenvalue weighted by Gasteiger charge is -2.43. The number of hydrogen-bond donors (Lipinski definition) is 1. The Balaban J connectivity index is 1.63. The van der Waals surface area contributed by atoms with Gasteiger partial charge in [-0.15, -0.1) is 0 Å². The molecule has 0 aromatic heterocycles. The van der Waals surface area contributed by atoms with Crippen LogP contribution in [0.4, 0.5) is 0 Å². The predicted octanol–water partition coefficient (Wildman–Crippen LogP) is 2.33. The number of methoxy groups -OCH3 is 1. The molecule has 0 radical (unpaired) electrons. The third kappa shape index (κ3) is 3.90. The van der Waals surface area contributed by atoms with Crippen LogP contribution in [0.2, 0.25) is 0 Å². The van der Waals surface area contributed by atoms with E-state index in [1.807, 2.05) is 25.3 Å². The Kier molecular flexibility index (Phi) is 5.41. The molecule has 1 amide bonds. The van der Waals surface area contributed by atoms with Crippen LogP contribution in [0.25, 0.3) is 0 Å². The topological polar surface area (TPSA) is 64.8 Å². The summed E-state index contributed by atoms with van der Waals surface area (Å²) in [5.74, 6) is 0.249. The number of nitrogens with two attached hydrogens (primary N) is 1. The number of amides is 1. The Morgan fingerprint density at radius 3 is 3.00 bits per heavy atom. The molecule has 1 aromatic rings. The summed E-state index contributed by atoms with van der Waals surface area (Å²) in [7, 11) is 1.86. The average Bonchev–Trinajstić information content (AvgIpc) is 2.95. The molecule has 1 saturated heterocycles. The largest absolute Gasteiger partial charge is 0.484 e. The van der Waals surface area contributed by atoms with Gasteiger partial charge in [-0.25, -0.2) is 0 Å². The number of likely N-dealkylation sites (tertiary alicyclic amines) is 1. The van der Waals surface area contributed by atoms with Crippen LogP contribution >= 0.6 is 0 Å². The highest BCUT2D eigenvalue weighted by atomic mass is 16.5. The van der Waals surface area contributed by atoms with Gasteiger partial charge in [-0.2, -0.15) is 0 Å². The Labute approximate surface area is 144 Å². The van der Waals surface area contributed by atoms with E-state index in [-0.39, 0.29) is 6.61 Å². The number of carbonyl (C=O) groups is 1. The summed E-state index contributed by atoms with van der Waals surface area (Å²) in [6, 6.07) is 7.95. The second kappa shape index (κ2) is 7.53. The SMILES string of the molecule is CO[C@@H]1CCC[C@]12CCCN(Cc1cccc(OCC(N)=O)c1)C2. The smallest absolute Gasteiger partial charge is 0.255 e. The van der Waals surface area contributed by atoms with E-state index in [9.17, 15) is 4.79 Å². The molecule has 1 aliphatic heterocycles. The van der Waals surface area contributed by atoms with Gasteiger partial charge in [0.25, 0.3) is 5.91 Å². The number of nitrogens with zero attached hydrogens (tertiary/aromatic N) is 1. The van der Waals surface area contributed by atoms with Crippen molar-refractivity contribution in [1.29, 1.82) is 0 Å². The Morgan fingerprint density at radius 1 is 1.38 bits per heavy atom. The predicted molar refractivity (Wildman–Crippen MR) is 92.7 cm³/mol. The molecule has 2 atom stereocenters. The van der Waals surface area contributed by atoms with Gasteiger partial charge in [-0.1, -0.05) is 18.6 Å². The number of piperidine rings is 1. The maximum atomic E-state index is 10.9. The average molecular weight is 332 g/mol. The summed E-state index contributed by atoms with van der Waals surface area (Å²) in [5.41, 5.74) is 6.69. The second-order valence-electron chi connectivity index (χ2n) is 7.20. The van der Waals surface area contributed by atoms with E-state index < -0.39 is 5.91 Å². The van der Waals surface area contributed by atoms with Crippen molar-refractivity contribution in [3.8, 4) is 5.75 Å². The van der Waals surface area contributed by atoms with Crippen molar-refractivity contribution < 1.29 is 14.3 Å². The van der Waals surface area contributed by atoms with Crippen molar-refractivity contribution in [3.05, 3.63) is 29.8 Å². The summed E-state index contributed by atoms with van der Waals surface area (Å²) in [5, 5.41) is 0. The highest BCUT2D eigenvalue weighted by molar-refractivity contribution is 5.75. The maximum absolute atomic E-state index is 10.9. The minimum Gasteiger partial charge on any atom is -0.484 e. The zero-order chi connectivity index (χ0) is 17.0. The van der Waals surface area contributed by atoms with Crippen molar-refractivity contribution in [3.63, 3.8) is 0 Å². The molecule has 2 fully saturated rings. The van der Waals surface area contributed by atoms with Gasteiger partial charge in [0.2, 0.25) is 0 Å². The molecular weight excluding hydrogens is 304 g/mol. The van der Waals surface area contributed by atoms with Crippen molar-refractivity contribution in [1.82, 2.24) is 4.90 Å². The summed E-state index contributed by atoms with van der Waals surface area (Å²) < 4.78 is 11.2. The van der Waals surface area contributed by atoms with Gasteiger partial charge in [-0.3, -0.25) is 9.69 Å². The van der Waals surface area contributed by atoms with Gasteiger partial charge < -0.3 is 15.2 Å². The van der Waals surface area contributed by atoms with Crippen LogP contribution in [-0.2, 0) is 16.1 Å². The number of rotatable bonds is 6. The minimum absolute atomic E-state index is 0.0776. The lowest BCUT2D eigenvalue weighted by atomic mass is 9.76. The van der Waals surface area contributed by atoms with Crippen LogP contribution in [0, 0.1) is 5.41 Å². The first-order valence-corrected chi connectivity index (χ1v) is 8.86. The zero-order valence-corrected chi connectivity index (χ0v) is 14.5. The molecular formula is C19H28N2O3. The lowest BCUT2D eigenvalue weighted by molar-refractivity contribution is -0.119. The first-order valence-electron chi connectivity index (χ1n) is 8.86. The van der Waals surface area contributed by atoms with Gasteiger partial charge in [-0.05, 0) is 49.9 Å². The molecule has 5 nitrogen and oxygen atoms in total. The summed E-state index contributed by atoms with van der Waals surface area (Å²) in [6.07, 6.45) is 6.68. The highest BCUT2D eigenvalue weighted by Crippen LogP contribution is 2.46. The van der Waals surface area contributed by atoms with Gasteiger partial charge in [0.15, 0.2) is 6.61 Å². The van der Waals surface area contributed by atoms with Crippen LogP contribution in [0.1, 0.15) is 37.7 Å². The molecule has 2 N–H and O–H groups in total. The Hall–Kier alpha value is -1.59. The number of primary amides is 1. The molecule has 1 aromatic carbocycles. The summed E-state index contributed by atoms with van der Waals surface area (Å²) >= 11 is 0. The monoisotopic (exact) mass is 332 g/mol. The van der Waals surface area contributed by atoms with Crippen molar-refractivity contribution in [2.45, 2.75) is 44.8 Å². The molecule has 24 heavy (non-hydrogen) atoms. The molecule has 0 bridgehead atoms. The van der Waals surface area contributed by atoms with Crippen LogP contribution in [0.15, 0.2) is 24.3 Å². The van der Waals surface area contributed by atoms with Crippen molar-refractivity contribution in [2.24, 2.45) is 11.1 Å². The van der Waals surface area contributed by atoms with E-state index in [1.54, 1.807) is 0 Å². The highest BCUT2D eigenvalue weighted by Gasteiger charge is 2.45. The fourth-order valence-corrected chi connectivity index (χ4v) is 4.48. The van der Waals surface area contributed by atoms with Crippen molar-refractivity contribution >= 4 is 5.91 Å². The van der Waals surface area contributed by atoms with Gasteiger partial charge >= 0.3 is 0 Å². The van der Waals surface area contributed by atoms with Crippen LogP contribution in [-0.4, -0.2) is 43.7 Å². The van der Waals surface area contributed by atoms with Crippen LogP contribution in [0.5, 0.6) is 5.75 Å². The van der Waals surface area contributed by atoms with Crippen molar-refractivity contribution in [2.75, 3.05) is 26.8 Å². The molecule has 0 unspecified atom stereocenters. The molecule has 1 aliphatic carbocycles. The quantitative estimate of drug-likeness (QED) is 0.868. The van der Waals surface area contributed by atoms with Gasteiger partial charge in [0, 0.05) is 25.6 Å². The number of carbonyl (C=O) groups excluding carboxylic acids is 1. The fraction of sp³-hybridized carbons (Fsp3) is 0.632. The van der Waals surface area contributed by atoms with E-state index in [0.717, 1.165) is 19.6 Å². The molecule has 132 valence electrons. The Bertz CT molecular complexity index is 577. The first-order chi connectivity index (χ1) is 11.6. The first kappa shape index (κ1) is 17.2. The third-order valence-electron chi connectivity index (χ3n) is 5.48. The molecule has 1 heterocycles. The molecule has 1 saturated carbocycles. The number of ether oxygens (including phenoxy) is 2. The lowest BCUT2D eigenvalue weighted by Crippen LogP contribution is -2.47. The van der Waals surface area contributed by atoms with E-state index in [0.29, 0.717) is 17.3 Å². The van der Waals surface area contributed by atoms with E-state index in [2.05, 4.69) is 11.0 Å². The third-order valence-corrected chi connectivity index (χ3v) is 5.48. The second-order valence-corrected chi connectivity index (χ2v) is 7.20. The minimum atomic E-state index is -0.454. The number of benzene rings is 1. The van der Waals surface area contributed by atoms with Crippen LogP contribution < -0.4 is 10.5 Å². The van der Waals surface area contributed by atoms with Gasteiger partial charge in [0.1, 0.15) is 5.75 Å². The maximum Gasteiger partial charge on any atom is 0.255 e. The Morgan fingerprint density at radius 2 is 2.21 bits per heavy atom. The van der Waals surface area contributed by atoms with E-state index in [1.165, 1.54) is 37.7 Å². The fourth-order valence-electron chi connectivity index (χ4n) is 4.48. The zero-order valence-electron chi connectivity index (χ0n) is 14.5. The molecule has 2 aliphatic rings. The van der Waals surface area contributed by atoms with Gasteiger partial charge in [0.05, 0.1) is 6.10 Å². The molecule has 3 rings (SSSR count). The van der Waals surface area contributed by atoms with E-state index >= 15 is 0 Å².